The molecule has 2 N–H and O–H groups in total. The molecule has 2 aromatic rings. The molecule has 1 saturated heterocycles. The van der Waals surface area contributed by atoms with Crippen LogP contribution < -0.4 is 10.5 Å². The summed E-state index contributed by atoms with van der Waals surface area (Å²) in [6, 6.07) is 14.2. The van der Waals surface area contributed by atoms with Crippen LogP contribution in [0.1, 0.15) is 24.6 Å². The molecule has 3 rings (SSSR count). The summed E-state index contributed by atoms with van der Waals surface area (Å²) < 4.78 is 5.77. The predicted molar refractivity (Wildman–Crippen MR) is 92.1 cm³/mol. The molecule has 1 aromatic carbocycles. The standard InChI is InChI=1S/C19H25N3O/c1-19(14-20)9-11-22(15-19)12-16-5-7-18(8-6-16)23-13-17-4-2-3-10-21-17/h2-8,10H,9,11-15,20H2,1H3. The zero-order valence-corrected chi connectivity index (χ0v) is 13.7. The number of nitrogens with two attached hydrogens (primary N) is 1. The molecule has 1 fully saturated rings. The lowest BCUT2D eigenvalue weighted by atomic mass is 9.90. The number of benzene rings is 1. The second-order valence-corrected chi connectivity index (χ2v) is 6.73. The van der Waals surface area contributed by atoms with Crippen molar-refractivity contribution >= 4 is 0 Å². The number of hydrogen-bond donors (Lipinski definition) is 1. The molecule has 1 aromatic heterocycles. The Hall–Kier alpha value is -1.91. The highest BCUT2D eigenvalue weighted by Gasteiger charge is 2.32. The first-order chi connectivity index (χ1) is 11.2. The Bertz CT molecular complexity index is 614. The van der Waals surface area contributed by atoms with Gasteiger partial charge in [0.2, 0.25) is 0 Å². The van der Waals surface area contributed by atoms with E-state index in [1.54, 1.807) is 6.20 Å². The van der Waals surface area contributed by atoms with Gasteiger partial charge in [0, 0.05) is 19.3 Å². The van der Waals surface area contributed by atoms with E-state index >= 15 is 0 Å². The summed E-state index contributed by atoms with van der Waals surface area (Å²) in [5.41, 5.74) is 8.42. The highest BCUT2D eigenvalue weighted by molar-refractivity contribution is 5.27. The quantitative estimate of drug-likeness (QED) is 0.891. The Labute approximate surface area is 138 Å². The fourth-order valence-electron chi connectivity index (χ4n) is 3.02. The summed E-state index contributed by atoms with van der Waals surface area (Å²) >= 11 is 0. The fraction of sp³-hybridized carbons (Fsp3) is 0.421. The molecule has 23 heavy (non-hydrogen) atoms. The molecule has 0 bridgehead atoms. The van der Waals surface area contributed by atoms with E-state index < -0.39 is 0 Å². The van der Waals surface area contributed by atoms with Gasteiger partial charge in [0.25, 0.3) is 0 Å². The van der Waals surface area contributed by atoms with Gasteiger partial charge in [-0.15, -0.1) is 0 Å². The average Bonchev–Trinajstić information content (AvgIpc) is 2.97. The van der Waals surface area contributed by atoms with Crippen molar-refractivity contribution in [3.05, 3.63) is 59.9 Å². The number of ether oxygens (including phenoxy) is 1. The van der Waals surface area contributed by atoms with Gasteiger partial charge in [-0.25, -0.2) is 0 Å². The lowest BCUT2D eigenvalue weighted by molar-refractivity contribution is 0.274. The maximum Gasteiger partial charge on any atom is 0.130 e. The molecule has 4 nitrogen and oxygen atoms in total. The lowest BCUT2D eigenvalue weighted by Crippen LogP contribution is -2.31. The Morgan fingerprint density at radius 2 is 2.04 bits per heavy atom. The first-order valence-corrected chi connectivity index (χ1v) is 8.21. The van der Waals surface area contributed by atoms with Crippen LogP contribution in [0, 0.1) is 5.41 Å². The molecule has 1 unspecified atom stereocenters. The summed E-state index contributed by atoms with van der Waals surface area (Å²) in [6.07, 6.45) is 2.97. The molecule has 0 aliphatic carbocycles. The Kier molecular flexibility index (Phi) is 4.94. The van der Waals surface area contributed by atoms with E-state index in [1.165, 1.54) is 12.0 Å². The van der Waals surface area contributed by atoms with Crippen LogP contribution in [0.5, 0.6) is 5.75 Å². The van der Waals surface area contributed by atoms with E-state index in [0.717, 1.165) is 37.6 Å². The van der Waals surface area contributed by atoms with Crippen molar-refractivity contribution in [2.24, 2.45) is 11.1 Å². The van der Waals surface area contributed by atoms with Gasteiger partial charge < -0.3 is 10.5 Å². The van der Waals surface area contributed by atoms with Crippen LogP contribution in [-0.4, -0.2) is 29.5 Å². The summed E-state index contributed by atoms with van der Waals surface area (Å²) in [7, 11) is 0. The minimum atomic E-state index is 0.283. The van der Waals surface area contributed by atoms with Gasteiger partial charge in [-0.3, -0.25) is 9.88 Å². The third-order valence-corrected chi connectivity index (χ3v) is 4.57. The van der Waals surface area contributed by atoms with E-state index in [4.69, 9.17) is 10.5 Å². The zero-order chi connectivity index (χ0) is 16.1. The second-order valence-electron chi connectivity index (χ2n) is 6.73. The first kappa shape index (κ1) is 16.0. The van der Waals surface area contributed by atoms with Gasteiger partial charge in [-0.05, 0) is 54.8 Å². The van der Waals surface area contributed by atoms with E-state index in [-0.39, 0.29) is 5.41 Å². The first-order valence-electron chi connectivity index (χ1n) is 8.21. The average molecular weight is 311 g/mol. The van der Waals surface area contributed by atoms with Crippen LogP contribution in [0.2, 0.25) is 0 Å². The van der Waals surface area contributed by atoms with Gasteiger partial charge >= 0.3 is 0 Å². The molecular formula is C19H25N3O. The number of hydrogen-bond acceptors (Lipinski definition) is 4. The van der Waals surface area contributed by atoms with Gasteiger partial charge in [0.05, 0.1) is 5.69 Å². The van der Waals surface area contributed by atoms with Crippen molar-refractivity contribution in [1.82, 2.24) is 9.88 Å². The molecule has 1 aliphatic rings. The fourth-order valence-corrected chi connectivity index (χ4v) is 3.02. The third kappa shape index (κ3) is 4.30. The maximum absolute atomic E-state index is 5.88. The third-order valence-electron chi connectivity index (χ3n) is 4.57. The summed E-state index contributed by atoms with van der Waals surface area (Å²) in [4.78, 5) is 6.74. The van der Waals surface area contributed by atoms with Crippen LogP contribution >= 0.6 is 0 Å². The van der Waals surface area contributed by atoms with Gasteiger partial charge in [0.1, 0.15) is 12.4 Å². The van der Waals surface area contributed by atoms with Crippen molar-refractivity contribution < 1.29 is 4.74 Å². The number of likely N-dealkylation sites (tertiary alicyclic amines) is 1. The Balaban J connectivity index is 1.51. The van der Waals surface area contributed by atoms with Gasteiger partial charge in [0.15, 0.2) is 0 Å². The normalized spacial score (nSPS) is 21.5. The zero-order valence-electron chi connectivity index (χ0n) is 13.7. The summed E-state index contributed by atoms with van der Waals surface area (Å²) in [6.45, 7) is 6.75. The molecule has 2 heterocycles. The predicted octanol–water partition coefficient (Wildman–Crippen LogP) is 2.83. The SMILES string of the molecule is CC1(CN)CCN(Cc2ccc(OCc3ccccn3)cc2)C1. The second kappa shape index (κ2) is 7.11. The molecular weight excluding hydrogens is 286 g/mol. The lowest BCUT2D eigenvalue weighted by Gasteiger charge is -2.22. The molecule has 0 amide bonds. The smallest absolute Gasteiger partial charge is 0.130 e. The number of nitrogens with zero attached hydrogens (tertiary/aromatic N) is 2. The highest BCUT2D eigenvalue weighted by Crippen LogP contribution is 2.29. The van der Waals surface area contributed by atoms with Crippen LogP contribution in [0.25, 0.3) is 0 Å². The molecule has 0 saturated carbocycles. The minimum Gasteiger partial charge on any atom is -0.487 e. The number of rotatable bonds is 6. The molecule has 1 aliphatic heterocycles. The number of pyridine rings is 1. The van der Waals surface area contributed by atoms with Crippen molar-refractivity contribution in [3.8, 4) is 5.75 Å². The van der Waals surface area contributed by atoms with Crippen molar-refractivity contribution in [2.45, 2.75) is 26.5 Å². The molecule has 4 heteroatoms. The summed E-state index contributed by atoms with van der Waals surface area (Å²) in [5.74, 6) is 0.882. The minimum absolute atomic E-state index is 0.283. The monoisotopic (exact) mass is 311 g/mol. The van der Waals surface area contributed by atoms with E-state index in [2.05, 4.69) is 28.9 Å². The number of aromatic nitrogens is 1. The topological polar surface area (TPSA) is 51.4 Å². The van der Waals surface area contributed by atoms with Crippen molar-refractivity contribution in [3.63, 3.8) is 0 Å². The van der Waals surface area contributed by atoms with Crippen LogP contribution in [0.3, 0.4) is 0 Å². The van der Waals surface area contributed by atoms with Gasteiger partial charge in [-0.1, -0.05) is 25.1 Å². The Morgan fingerprint density at radius 3 is 2.70 bits per heavy atom. The molecule has 0 radical (unpaired) electrons. The Morgan fingerprint density at radius 1 is 1.22 bits per heavy atom. The largest absolute Gasteiger partial charge is 0.487 e. The molecule has 0 spiro atoms. The molecule has 1 atom stereocenters. The maximum atomic E-state index is 5.88. The van der Waals surface area contributed by atoms with Crippen LogP contribution in [0.4, 0.5) is 0 Å². The van der Waals surface area contributed by atoms with E-state index in [1.807, 2.05) is 30.3 Å². The molecule has 122 valence electrons. The van der Waals surface area contributed by atoms with Crippen molar-refractivity contribution in [2.75, 3.05) is 19.6 Å². The highest BCUT2D eigenvalue weighted by atomic mass is 16.5. The van der Waals surface area contributed by atoms with Crippen LogP contribution in [0.15, 0.2) is 48.7 Å². The van der Waals surface area contributed by atoms with Crippen LogP contribution in [-0.2, 0) is 13.2 Å². The summed E-state index contributed by atoms with van der Waals surface area (Å²) in [5, 5.41) is 0. The van der Waals surface area contributed by atoms with E-state index in [0.29, 0.717) is 6.61 Å². The van der Waals surface area contributed by atoms with E-state index in [9.17, 15) is 0 Å². The van der Waals surface area contributed by atoms with Gasteiger partial charge in [-0.2, -0.15) is 0 Å². The van der Waals surface area contributed by atoms with Crippen molar-refractivity contribution in [1.29, 1.82) is 0 Å².